The van der Waals surface area contributed by atoms with Gasteiger partial charge in [0.05, 0.1) is 18.6 Å². The summed E-state index contributed by atoms with van der Waals surface area (Å²) in [6, 6.07) is 0. The van der Waals surface area contributed by atoms with E-state index in [4.69, 9.17) is 9.84 Å². The molecule has 5 nitrogen and oxygen atoms in total. The fraction of sp³-hybridized carbons (Fsp3) is 0.909. The molecule has 0 amide bonds. The van der Waals surface area contributed by atoms with Crippen LogP contribution in [0.5, 0.6) is 0 Å². The highest BCUT2D eigenvalue weighted by atomic mass is 16.5. The minimum absolute atomic E-state index is 0.176. The van der Waals surface area contributed by atoms with Crippen LogP contribution >= 0.6 is 0 Å². The molecule has 0 aliphatic carbocycles. The van der Waals surface area contributed by atoms with Gasteiger partial charge in [-0.2, -0.15) is 0 Å². The number of hydrogen-bond acceptors (Lipinski definition) is 4. The van der Waals surface area contributed by atoms with Gasteiger partial charge in [-0.25, -0.2) is 0 Å². The molecule has 0 saturated carbocycles. The summed E-state index contributed by atoms with van der Waals surface area (Å²) in [6.07, 6.45) is 2.40. The number of ether oxygens (including phenoxy) is 1. The van der Waals surface area contributed by atoms with Gasteiger partial charge in [0, 0.05) is 26.2 Å². The zero-order chi connectivity index (χ0) is 11.9. The summed E-state index contributed by atoms with van der Waals surface area (Å²) in [5.41, 5.74) is -0.250. The van der Waals surface area contributed by atoms with Crippen LogP contribution in [-0.4, -0.2) is 49.5 Å². The predicted octanol–water partition coefficient (Wildman–Crippen LogP) is 0.209. The van der Waals surface area contributed by atoms with Crippen molar-refractivity contribution in [3.05, 3.63) is 0 Å². The Kier molecular flexibility index (Phi) is 5.73. The van der Waals surface area contributed by atoms with Gasteiger partial charge in [-0.3, -0.25) is 4.79 Å². The van der Waals surface area contributed by atoms with Crippen LogP contribution in [0.1, 0.15) is 26.2 Å². The Labute approximate surface area is 96.6 Å². The molecule has 1 saturated heterocycles. The third-order valence-corrected chi connectivity index (χ3v) is 2.81. The molecule has 0 radical (unpaired) electrons. The van der Waals surface area contributed by atoms with Crippen molar-refractivity contribution in [2.24, 2.45) is 0 Å². The lowest BCUT2D eigenvalue weighted by Gasteiger charge is -2.42. The molecule has 16 heavy (non-hydrogen) atoms. The molecule has 0 atom stereocenters. The molecule has 0 aromatic rings. The largest absolute Gasteiger partial charge is 0.481 e. The van der Waals surface area contributed by atoms with E-state index in [0.717, 1.165) is 39.1 Å². The van der Waals surface area contributed by atoms with Crippen molar-refractivity contribution in [3.63, 3.8) is 0 Å². The van der Waals surface area contributed by atoms with E-state index in [1.807, 2.05) is 0 Å². The first-order valence-corrected chi connectivity index (χ1v) is 5.94. The van der Waals surface area contributed by atoms with Gasteiger partial charge >= 0.3 is 5.97 Å². The number of nitrogens with one attached hydrogen (secondary N) is 2. The maximum absolute atomic E-state index is 10.7. The Balaban J connectivity index is 2.07. The zero-order valence-corrected chi connectivity index (χ0v) is 9.92. The number of carboxylic acids is 1. The second kappa shape index (κ2) is 6.83. The Morgan fingerprint density at radius 3 is 2.75 bits per heavy atom. The number of rotatable bonds is 9. The van der Waals surface area contributed by atoms with E-state index < -0.39 is 5.97 Å². The Morgan fingerprint density at radius 1 is 1.50 bits per heavy atom. The van der Waals surface area contributed by atoms with Crippen molar-refractivity contribution in [2.75, 3.05) is 32.8 Å². The first-order valence-electron chi connectivity index (χ1n) is 5.94. The zero-order valence-electron chi connectivity index (χ0n) is 9.92. The van der Waals surface area contributed by atoms with Gasteiger partial charge < -0.3 is 20.5 Å². The normalized spacial score (nSPS) is 18.1. The SMILES string of the molecule is CCCCOCCNC1(CC(=O)O)CNC1. The Hall–Kier alpha value is -0.650. The minimum atomic E-state index is -0.749. The van der Waals surface area contributed by atoms with Gasteiger partial charge in [0.25, 0.3) is 0 Å². The molecule has 0 aromatic heterocycles. The lowest BCUT2D eigenvalue weighted by atomic mass is 9.88. The van der Waals surface area contributed by atoms with Crippen LogP contribution in [0.2, 0.25) is 0 Å². The van der Waals surface area contributed by atoms with Gasteiger partial charge in [-0.15, -0.1) is 0 Å². The topological polar surface area (TPSA) is 70.6 Å². The number of unbranched alkanes of at least 4 members (excludes halogenated alkanes) is 1. The molecule has 3 N–H and O–H groups in total. The van der Waals surface area contributed by atoms with E-state index >= 15 is 0 Å². The predicted molar refractivity (Wildman–Crippen MR) is 61.6 cm³/mol. The second-order valence-corrected chi connectivity index (χ2v) is 4.35. The van der Waals surface area contributed by atoms with Crippen LogP contribution in [0, 0.1) is 0 Å². The third-order valence-electron chi connectivity index (χ3n) is 2.81. The molecule has 1 fully saturated rings. The number of carbonyl (C=O) groups is 1. The highest BCUT2D eigenvalue weighted by Gasteiger charge is 2.38. The van der Waals surface area contributed by atoms with Crippen molar-refractivity contribution in [2.45, 2.75) is 31.7 Å². The monoisotopic (exact) mass is 230 g/mol. The van der Waals surface area contributed by atoms with E-state index in [2.05, 4.69) is 17.6 Å². The van der Waals surface area contributed by atoms with Gasteiger partial charge in [-0.1, -0.05) is 13.3 Å². The maximum Gasteiger partial charge on any atom is 0.305 e. The summed E-state index contributed by atoms with van der Waals surface area (Å²) in [5.74, 6) is -0.749. The molecule has 1 rings (SSSR count). The summed E-state index contributed by atoms with van der Waals surface area (Å²) < 4.78 is 5.41. The smallest absolute Gasteiger partial charge is 0.305 e. The molecule has 0 unspecified atom stereocenters. The molecule has 94 valence electrons. The summed E-state index contributed by atoms with van der Waals surface area (Å²) in [4.78, 5) is 10.7. The van der Waals surface area contributed by atoms with E-state index in [1.54, 1.807) is 0 Å². The van der Waals surface area contributed by atoms with Crippen LogP contribution in [0.4, 0.5) is 0 Å². The summed E-state index contributed by atoms with van der Waals surface area (Å²) >= 11 is 0. The van der Waals surface area contributed by atoms with Crippen molar-refractivity contribution >= 4 is 5.97 Å². The first kappa shape index (κ1) is 13.4. The molecular formula is C11H22N2O3. The van der Waals surface area contributed by atoms with Gasteiger partial charge in [0.1, 0.15) is 0 Å². The molecule has 5 heteroatoms. The fourth-order valence-electron chi connectivity index (χ4n) is 1.77. The Bertz CT molecular complexity index is 217. The second-order valence-electron chi connectivity index (χ2n) is 4.35. The van der Waals surface area contributed by atoms with Crippen molar-refractivity contribution < 1.29 is 14.6 Å². The average Bonchev–Trinajstić information content (AvgIpc) is 2.18. The maximum atomic E-state index is 10.7. The highest BCUT2D eigenvalue weighted by Crippen LogP contribution is 2.15. The number of hydrogen-bond donors (Lipinski definition) is 3. The number of carboxylic acid groups (broad SMARTS) is 1. The quantitative estimate of drug-likeness (QED) is 0.494. The van der Waals surface area contributed by atoms with Gasteiger partial charge in [0.15, 0.2) is 0 Å². The molecule has 0 spiro atoms. The van der Waals surface area contributed by atoms with E-state index in [1.165, 1.54) is 0 Å². The third kappa shape index (κ3) is 4.47. The minimum Gasteiger partial charge on any atom is -0.481 e. The van der Waals surface area contributed by atoms with Crippen LogP contribution in [0.3, 0.4) is 0 Å². The van der Waals surface area contributed by atoms with E-state index in [9.17, 15) is 4.79 Å². The van der Waals surface area contributed by atoms with Crippen LogP contribution in [-0.2, 0) is 9.53 Å². The van der Waals surface area contributed by atoms with E-state index in [-0.39, 0.29) is 12.0 Å². The molecule has 1 aliphatic rings. The average molecular weight is 230 g/mol. The molecule has 1 aliphatic heterocycles. The van der Waals surface area contributed by atoms with Crippen molar-refractivity contribution in [1.29, 1.82) is 0 Å². The Morgan fingerprint density at radius 2 is 2.25 bits per heavy atom. The molecular weight excluding hydrogens is 208 g/mol. The van der Waals surface area contributed by atoms with E-state index in [0.29, 0.717) is 6.61 Å². The lowest BCUT2D eigenvalue weighted by Crippen LogP contribution is -2.68. The fourth-order valence-corrected chi connectivity index (χ4v) is 1.77. The van der Waals surface area contributed by atoms with Crippen molar-refractivity contribution in [3.8, 4) is 0 Å². The first-order chi connectivity index (χ1) is 7.68. The van der Waals surface area contributed by atoms with Gasteiger partial charge in [-0.05, 0) is 6.42 Å². The summed E-state index contributed by atoms with van der Waals surface area (Å²) in [6.45, 7) is 5.76. The lowest BCUT2D eigenvalue weighted by molar-refractivity contribution is -0.139. The van der Waals surface area contributed by atoms with Crippen LogP contribution in [0.25, 0.3) is 0 Å². The summed E-state index contributed by atoms with van der Waals surface area (Å²) in [7, 11) is 0. The molecule has 0 aromatic carbocycles. The molecule has 1 heterocycles. The highest BCUT2D eigenvalue weighted by molar-refractivity contribution is 5.68. The summed E-state index contributed by atoms with van der Waals surface area (Å²) in [5, 5.41) is 15.2. The van der Waals surface area contributed by atoms with Crippen molar-refractivity contribution in [1.82, 2.24) is 10.6 Å². The molecule has 0 bridgehead atoms. The van der Waals surface area contributed by atoms with Gasteiger partial charge in [0.2, 0.25) is 0 Å². The van der Waals surface area contributed by atoms with Crippen LogP contribution in [0.15, 0.2) is 0 Å². The standard InChI is InChI=1S/C11H22N2O3/c1-2-3-5-16-6-4-13-11(7-10(14)15)8-12-9-11/h12-13H,2-9H2,1H3,(H,14,15). The number of aliphatic carboxylic acids is 1. The van der Waals surface area contributed by atoms with Crippen LogP contribution < -0.4 is 10.6 Å².